The van der Waals surface area contributed by atoms with Crippen LogP contribution >= 0.6 is 0 Å². The van der Waals surface area contributed by atoms with Crippen molar-refractivity contribution < 1.29 is 4.39 Å². The summed E-state index contributed by atoms with van der Waals surface area (Å²) in [4.78, 5) is 0. The molecule has 0 atom stereocenters. The van der Waals surface area contributed by atoms with E-state index in [0.717, 1.165) is 42.4 Å². The molecule has 0 aromatic heterocycles. The molecule has 0 amide bonds. The minimum atomic E-state index is -0.190. The molecule has 4 aromatic carbocycles. The molecule has 1 heteroatoms. The summed E-state index contributed by atoms with van der Waals surface area (Å²) in [5.74, 6) is -0.190. The number of hydrogen-bond donors (Lipinski definition) is 0. The molecule has 0 bridgehead atoms. The van der Waals surface area contributed by atoms with Gasteiger partial charge in [0.2, 0.25) is 0 Å². The van der Waals surface area contributed by atoms with Gasteiger partial charge in [-0.05, 0) is 70.0 Å². The summed E-state index contributed by atoms with van der Waals surface area (Å²) in [6, 6.07) is 26.7. The van der Waals surface area contributed by atoms with Crippen LogP contribution in [0.3, 0.4) is 0 Å². The van der Waals surface area contributed by atoms with Gasteiger partial charge in [-0.15, -0.1) is 6.58 Å². The predicted molar refractivity (Wildman–Crippen MR) is 127 cm³/mol. The minimum absolute atomic E-state index is 0.190. The average molecular weight is 395 g/mol. The maximum atomic E-state index is 15.0. The first-order valence-electron chi connectivity index (χ1n) is 10.7. The second kappa shape index (κ2) is 9.09. The van der Waals surface area contributed by atoms with Crippen LogP contribution < -0.4 is 0 Å². The molecule has 0 radical (unpaired) electrons. The Bertz CT molecular complexity index is 1170. The first-order valence-corrected chi connectivity index (χ1v) is 10.7. The Kier molecular flexibility index (Phi) is 6.09. The van der Waals surface area contributed by atoms with Crippen LogP contribution in [0.25, 0.3) is 33.0 Å². The Morgan fingerprint density at radius 1 is 0.700 bits per heavy atom. The van der Waals surface area contributed by atoms with E-state index in [1.165, 1.54) is 21.9 Å². The van der Waals surface area contributed by atoms with Crippen molar-refractivity contribution in [2.75, 3.05) is 0 Å². The van der Waals surface area contributed by atoms with Crippen LogP contribution in [0.4, 0.5) is 4.39 Å². The summed E-state index contributed by atoms with van der Waals surface area (Å²) >= 11 is 0. The standard InChI is InChI=1S/C29H27F/c1-3-5-7-21-8-11-23(12-9-21)28-17-16-27(20-29(28)30)26-15-14-24-18-22(6-4-2)10-13-25(24)19-26/h3,8-20H,1,4-7H2,2H3. The van der Waals surface area contributed by atoms with Gasteiger partial charge in [0.05, 0.1) is 0 Å². The largest absolute Gasteiger partial charge is 0.206 e. The van der Waals surface area contributed by atoms with Gasteiger partial charge in [-0.1, -0.05) is 86.2 Å². The summed E-state index contributed by atoms with van der Waals surface area (Å²) in [7, 11) is 0. The summed E-state index contributed by atoms with van der Waals surface area (Å²) in [6.45, 7) is 5.96. The highest BCUT2D eigenvalue weighted by atomic mass is 19.1. The van der Waals surface area contributed by atoms with Crippen molar-refractivity contribution in [3.05, 3.63) is 108 Å². The van der Waals surface area contributed by atoms with Crippen LogP contribution in [0.1, 0.15) is 30.9 Å². The van der Waals surface area contributed by atoms with Crippen molar-refractivity contribution in [1.82, 2.24) is 0 Å². The monoisotopic (exact) mass is 394 g/mol. The van der Waals surface area contributed by atoms with E-state index in [0.29, 0.717) is 5.56 Å². The van der Waals surface area contributed by atoms with E-state index in [1.54, 1.807) is 6.07 Å². The Morgan fingerprint density at radius 3 is 2.07 bits per heavy atom. The van der Waals surface area contributed by atoms with Gasteiger partial charge in [-0.3, -0.25) is 0 Å². The average Bonchev–Trinajstić information content (AvgIpc) is 2.78. The van der Waals surface area contributed by atoms with Crippen LogP contribution in [0.2, 0.25) is 0 Å². The Morgan fingerprint density at radius 2 is 1.33 bits per heavy atom. The van der Waals surface area contributed by atoms with Crippen molar-refractivity contribution in [2.24, 2.45) is 0 Å². The van der Waals surface area contributed by atoms with Gasteiger partial charge in [0.1, 0.15) is 5.82 Å². The maximum absolute atomic E-state index is 15.0. The molecule has 0 aliphatic carbocycles. The molecule has 0 saturated heterocycles. The lowest BCUT2D eigenvalue weighted by Crippen LogP contribution is -1.89. The van der Waals surface area contributed by atoms with Crippen LogP contribution in [0, 0.1) is 5.82 Å². The maximum Gasteiger partial charge on any atom is 0.131 e. The molecule has 0 unspecified atom stereocenters. The fraction of sp³-hybridized carbons (Fsp3) is 0.172. The summed E-state index contributed by atoms with van der Waals surface area (Å²) in [5, 5.41) is 2.42. The number of allylic oxidation sites excluding steroid dienone is 1. The van der Waals surface area contributed by atoms with Gasteiger partial charge >= 0.3 is 0 Å². The SMILES string of the molecule is C=CCCc1ccc(-c2ccc(-c3ccc4cc(CCC)ccc4c3)cc2F)cc1. The lowest BCUT2D eigenvalue weighted by molar-refractivity contribution is 0.632. The molecule has 0 aliphatic heterocycles. The third-order valence-corrected chi connectivity index (χ3v) is 5.65. The Balaban J connectivity index is 1.61. The van der Waals surface area contributed by atoms with E-state index < -0.39 is 0 Å². The van der Waals surface area contributed by atoms with E-state index in [1.807, 2.05) is 30.3 Å². The molecule has 0 nitrogen and oxygen atoms in total. The predicted octanol–water partition coefficient (Wildman–Crippen LogP) is 8.38. The van der Waals surface area contributed by atoms with Crippen molar-refractivity contribution >= 4 is 10.8 Å². The van der Waals surface area contributed by atoms with Crippen molar-refractivity contribution in [3.63, 3.8) is 0 Å². The third-order valence-electron chi connectivity index (χ3n) is 5.65. The van der Waals surface area contributed by atoms with Gasteiger partial charge in [-0.25, -0.2) is 4.39 Å². The molecule has 150 valence electrons. The van der Waals surface area contributed by atoms with Crippen molar-refractivity contribution in [1.29, 1.82) is 0 Å². The number of aryl methyl sites for hydroxylation is 2. The molecule has 4 rings (SSSR count). The van der Waals surface area contributed by atoms with Gasteiger partial charge in [0.25, 0.3) is 0 Å². The molecule has 30 heavy (non-hydrogen) atoms. The topological polar surface area (TPSA) is 0 Å². The molecule has 0 aliphatic rings. The van der Waals surface area contributed by atoms with E-state index in [2.05, 4.69) is 62.0 Å². The van der Waals surface area contributed by atoms with E-state index in [9.17, 15) is 4.39 Å². The van der Waals surface area contributed by atoms with Crippen LogP contribution in [0.15, 0.2) is 91.5 Å². The van der Waals surface area contributed by atoms with Crippen LogP contribution in [-0.4, -0.2) is 0 Å². The van der Waals surface area contributed by atoms with Gasteiger partial charge in [-0.2, -0.15) is 0 Å². The zero-order valence-corrected chi connectivity index (χ0v) is 17.5. The lowest BCUT2D eigenvalue weighted by Gasteiger charge is -2.09. The second-order valence-electron chi connectivity index (χ2n) is 7.87. The smallest absolute Gasteiger partial charge is 0.131 e. The van der Waals surface area contributed by atoms with E-state index >= 15 is 0 Å². The highest BCUT2D eigenvalue weighted by Gasteiger charge is 2.08. The number of benzene rings is 4. The van der Waals surface area contributed by atoms with Gasteiger partial charge in [0.15, 0.2) is 0 Å². The highest BCUT2D eigenvalue weighted by molar-refractivity contribution is 5.88. The number of fused-ring (bicyclic) bond motifs is 1. The Hall–Kier alpha value is -3.19. The fourth-order valence-corrected chi connectivity index (χ4v) is 3.97. The number of rotatable bonds is 7. The van der Waals surface area contributed by atoms with E-state index in [-0.39, 0.29) is 5.82 Å². The second-order valence-corrected chi connectivity index (χ2v) is 7.87. The first-order chi connectivity index (χ1) is 14.7. The fourth-order valence-electron chi connectivity index (χ4n) is 3.97. The molecular weight excluding hydrogens is 367 g/mol. The molecular formula is C29H27F. The Labute approximate surface area is 178 Å². The first kappa shape index (κ1) is 20.1. The minimum Gasteiger partial charge on any atom is -0.206 e. The van der Waals surface area contributed by atoms with Crippen LogP contribution in [0.5, 0.6) is 0 Å². The van der Waals surface area contributed by atoms with E-state index in [4.69, 9.17) is 0 Å². The third kappa shape index (κ3) is 4.36. The number of hydrogen-bond acceptors (Lipinski definition) is 0. The zero-order chi connectivity index (χ0) is 20.9. The quantitative estimate of drug-likeness (QED) is 0.276. The van der Waals surface area contributed by atoms with Crippen LogP contribution in [-0.2, 0) is 12.8 Å². The number of halogens is 1. The molecule has 0 saturated carbocycles. The van der Waals surface area contributed by atoms with Gasteiger partial charge in [0, 0.05) is 5.56 Å². The van der Waals surface area contributed by atoms with Gasteiger partial charge < -0.3 is 0 Å². The lowest BCUT2D eigenvalue weighted by atomic mass is 9.96. The zero-order valence-electron chi connectivity index (χ0n) is 17.5. The normalized spacial score (nSPS) is 11.0. The van der Waals surface area contributed by atoms with Crippen molar-refractivity contribution in [2.45, 2.75) is 32.6 Å². The molecule has 0 fully saturated rings. The molecule has 0 heterocycles. The summed E-state index contributed by atoms with van der Waals surface area (Å²) < 4.78 is 15.0. The summed E-state index contributed by atoms with van der Waals surface area (Å²) in [6.07, 6.45) is 6.08. The highest BCUT2D eigenvalue weighted by Crippen LogP contribution is 2.30. The molecule has 0 spiro atoms. The molecule has 0 N–H and O–H groups in total. The molecule has 4 aromatic rings. The summed E-state index contributed by atoms with van der Waals surface area (Å²) in [5.41, 5.74) is 6.09. The van der Waals surface area contributed by atoms with Crippen molar-refractivity contribution in [3.8, 4) is 22.3 Å².